The van der Waals surface area contributed by atoms with Crippen LogP contribution in [0.1, 0.15) is 54.1 Å². The second-order valence-corrected chi connectivity index (χ2v) is 9.19. The Morgan fingerprint density at radius 3 is 2.72 bits per heavy atom. The van der Waals surface area contributed by atoms with Crippen LogP contribution in [-0.4, -0.2) is 63.1 Å². The third-order valence-corrected chi connectivity index (χ3v) is 6.59. The largest absolute Gasteiger partial charge is 0.355 e. The number of piperidine rings is 1. The number of rotatable bonds is 6. The van der Waals surface area contributed by atoms with Gasteiger partial charge in [-0.05, 0) is 55.9 Å². The molecule has 0 aliphatic carbocycles. The molecule has 3 heterocycles. The third-order valence-electron chi connectivity index (χ3n) is 6.59. The predicted molar refractivity (Wildman–Crippen MR) is 124 cm³/mol. The molecule has 176 valence electrons. The maximum absolute atomic E-state index is 13.8. The van der Waals surface area contributed by atoms with Crippen LogP contribution in [-0.2, 0) is 6.54 Å². The molecular weight excluding hydrogens is 409 g/mol. The van der Waals surface area contributed by atoms with E-state index in [9.17, 15) is 9.18 Å². The number of alkyl halides is 1. The van der Waals surface area contributed by atoms with Crippen molar-refractivity contribution in [1.29, 1.82) is 0 Å². The molecular formula is C23H36FN7O. The van der Waals surface area contributed by atoms with Crippen LogP contribution in [0.3, 0.4) is 0 Å². The molecule has 3 aliphatic heterocycles. The van der Waals surface area contributed by atoms with Crippen molar-refractivity contribution in [3.63, 3.8) is 0 Å². The van der Waals surface area contributed by atoms with Crippen molar-refractivity contribution < 1.29 is 9.18 Å². The number of nitrogens with one attached hydrogen (secondary N) is 6. The van der Waals surface area contributed by atoms with Crippen LogP contribution in [0.5, 0.6) is 0 Å². The second kappa shape index (κ2) is 10.6. The number of nitrogens with zero attached hydrogens (tertiary/aromatic N) is 1. The molecule has 0 saturated carbocycles. The van der Waals surface area contributed by atoms with Crippen molar-refractivity contribution in [2.75, 3.05) is 32.7 Å². The first kappa shape index (κ1) is 22.9. The molecule has 1 aromatic rings. The highest BCUT2D eigenvalue weighted by molar-refractivity contribution is 5.94. The lowest BCUT2D eigenvalue weighted by atomic mass is 9.83. The van der Waals surface area contributed by atoms with Gasteiger partial charge in [0.05, 0.1) is 12.7 Å². The molecule has 0 bridgehead atoms. The Balaban J connectivity index is 1.47. The van der Waals surface area contributed by atoms with Crippen LogP contribution < -0.4 is 31.9 Å². The van der Waals surface area contributed by atoms with E-state index in [0.717, 1.165) is 49.7 Å². The summed E-state index contributed by atoms with van der Waals surface area (Å²) >= 11 is 0. The number of amides is 1. The normalized spacial score (nSPS) is 30.3. The summed E-state index contributed by atoms with van der Waals surface area (Å²) in [6.07, 6.45) is 0.599. The average molecular weight is 446 g/mol. The fourth-order valence-electron chi connectivity index (χ4n) is 4.70. The van der Waals surface area contributed by atoms with Gasteiger partial charge in [0.1, 0.15) is 0 Å². The fraction of sp³-hybridized carbons (Fsp3) is 0.652. The van der Waals surface area contributed by atoms with E-state index in [1.54, 1.807) is 0 Å². The molecule has 0 aromatic heterocycles. The Hall–Kier alpha value is -2.23. The van der Waals surface area contributed by atoms with Crippen LogP contribution in [0.25, 0.3) is 0 Å². The van der Waals surface area contributed by atoms with Crippen molar-refractivity contribution in [3.8, 4) is 0 Å². The summed E-state index contributed by atoms with van der Waals surface area (Å²) < 4.78 is 13.8. The molecule has 8 nitrogen and oxygen atoms in total. The maximum Gasteiger partial charge on any atom is 0.251 e. The third kappa shape index (κ3) is 5.96. The van der Waals surface area contributed by atoms with Gasteiger partial charge < -0.3 is 26.6 Å². The van der Waals surface area contributed by atoms with Gasteiger partial charge in [0.2, 0.25) is 0 Å². The number of carbonyl (C=O) groups is 1. The minimum Gasteiger partial charge on any atom is -0.355 e. The number of hydrogen-bond donors (Lipinski definition) is 6. The van der Waals surface area contributed by atoms with Gasteiger partial charge in [0.15, 0.2) is 12.3 Å². The van der Waals surface area contributed by atoms with E-state index in [1.165, 1.54) is 0 Å². The minimum absolute atomic E-state index is 0.0140. The van der Waals surface area contributed by atoms with Gasteiger partial charge in [-0.25, -0.2) is 4.39 Å². The summed E-state index contributed by atoms with van der Waals surface area (Å²) in [5.41, 5.74) is 2.76. The molecule has 32 heavy (non-hydrogen) atoms. The minimum atomic E-state index is -0.958. The van der Waals surface area contributed by atoms with E-state index in [-0.39, 0.29) is 17.9 Å². The standard InChI is InChI=1S/C23H36FN7O/c1-14-20(3-4-21(24)31-14)18-7-16(10-30-23-25-5-6-26-23)8-19(9-18)22(32)29-13-17-11-27-15(2)28-12-17/h7-9,14-15,17,20-21,27-28,31H,3-6,10-13H2,1-2H3,(H,29,32)(H2,25,26,30). The molecule has 3 aliphatic rings. The Morgan fingerprint density at radius 1 is 1.19 bits per heavy atom. The van der Waals surface area contributed by atoms with Crippen molar-refractivity contribution in [1.82, 2.24) is 31.9 Å². The molecule has 1 amide bonds. The van der Waals surface area contributed by atoms with E-state index in [4.69, 9.17) is 0 Å². The molecule has 0 radical (unpaired) electrons. The SMILES string of the molecule is CC1NCC(CNC(=O)c2cc(CNC3=NCCN3)cc(C3CCC(F)NC3C)c2)CN1. The number of carbonyl (C=O) groups excluding carboxylic acids is 1. The summed E-state index contributed by atoms with van der Waals surface area (Å²) in [6, 6.07) is 6.07. The number of halogens is 1. The summed E-state index contributed by atoms with van der Waals surface area (Å²) in [7, 11) is 0. The first-order valence-corrected chi connectivity index (χ1v) is 11.8. The summed E-state index contributed by atoms with van der Waals surface area (Å²) in [5.74, 6) is 1.25. The molecule has 3 atom stereocenters. The molecule has 4 rings (SSSR count). The van der Waals surface area contributed by atoms with Gasteiger partial charge in [-0.1, -0.05) is 6.07 Å². The van der Waals surface area contributed by atoms with Gasteiger partial charge in [0, 0.05) is 50.2 Å². The summed E-state index contributed by atoms with van der Waals surface area (Å²) in [6.45, 7) is 8.69. The highest BCUT2D eigenvalue weighted by Crippen LogP contribution is 2.31. The van der Waals surface area contributed by atoms with E-state index >= 15 is 0 Å². The average Bonchev–Trinajstić information content (AvgIpc) is 3.30. The second-order valence-electron chi connectivity index (χ2n) is 9.19. The quantitative estimate of drug-likeness (QED) is 0.362. The molecule has 2 fully saturated rings. The van der Waals surface area contributed by atoms with Crippen molar-refractivity contribution >= 4 is 11.9 Å². The molecule has 2 saturated heterocycles. The number of guanidine groups is 1. The highest BCUT2D eigenvalue weighted by Gasteiger charge is 2.29. The zero-order valence-electron chi connectivity index (χ0n) is 19.0. The van der Waals surface area contributed by atoms with Gasteiger partial charge in [-0.15, -0.1) is 0 Å². The Bertz CT molecular complexity index is 825. The Kier molecular flexibility index (Phi) is 7.59. The first-order valence-electron chi connectivity index (χ1n) is 11.8. The monoisotopic (exact) mass is 445 g/mol. The molecule has 6 N–H and O–H groups in total. The van der Waals surface area contributed by atoms with Crippen LogP contribution in [0.4, 0.5) is 4.39 Å². The molecule has 3 unspecified atom stereocenters. The van der Waals surface area contributed by atoms with Gasteiger partial charge in [0.25, 0.3) is 5.91 Å². The van der Waals surface area contributed by atoms with Gasteiger partial charge in [-0.3, -0.25) is 15.1 Å². The lowest BCUT2D eigenvalue weighted by Gasteiger charge is -2.33. The first-order chi connectivity index (χ1) is 15.5. The van der Waals surface area contributed by atoms with E-state index in [1.807, 2.05) is 19.1 Å². The lowest BCUT2D eigenvalue weighted by molar-refractivity contribution is 0.0944. The van der Waals surface area contributed by atoms with Crippen LogP contribution in [0.2, 0.25) is 0 Å². The van der Waals surface area contributed by atoms with E-state index in [0.29, 0.717) is 37.2 Å². The summed E-state index contributed by atoms with van der Waals surface area (Å²) in [5, 5.41) is 19.4. The zero-order valence-corrected chi connectivity index (χ0v) is 19.0. The van der Waals surface area contributed by atoms with Crippen LogP contribution >= 0.6 is 0 Å². The van der Waals surface area contributed by atoms with Crippen molar-refractivity contribution in [3.05, 3.63) is 34.9 Å². The predicted octanol–water partition coefficient (Wildman–Crippen LogP) is 0.771. The van der Waals surface area contributed by atoms with E-state index < -0.39 is 6.30 Å². The number of aliphatic imine (C=N–C) groups is 1. The fourth-order valence-corrected chi connectivity index (χ4v) is 4.70. The van der Waals surface area contributed by atoms with Gasteiger partial charge >= 0.3 is 0 Å². The topological polar surface area (TPSA) is 102 Å². The smallest absolute Gasteiger partial charge is 0.251 e. The van der Waals surface area contributed by atoms with Crippen molar-refractivity contribution in [2.45, 2.75) is 57.7 Å². The maximum atomic E-state index is 13.8. The Morgan fingerprint density at radius 2 is 2.00 bits per heavy atom. The zero-order chi connectivity index (χ0) is 22.5. The Labute approximate surface area is 189 Å². The van der Waals surface area contributed by atoms with Crippen LogP contribution in [0.15, 0.2) is 23.2 Å². The van der Waals surface area contributed by atoms with Crippen molar-refractivity contribution in [2.24, 2.45) is 10.9 Å². The number of benzene rings is 1. The molecule has 0 spiro atoms. The lowest BCUT2D eigenvalue weighted by Crippen LogP contribution is -2.53. The molecule has 9 heteroatoms. The summed E-state index contributed by atoms with van der Waals surface area (Å²) in [4.78, 5) is 17.4. The van der Waals surface area contributed by atoms with Crippen LogP contribution in [0, 0.1) is 5.92 Å². The number of hydrogen-bond acceptors (Lipinski definition) is 7. The van der Waals surface area contributed by atoms with E-state index in [2.05, 4.69) is 49.9 Å². The highest BCUT2D eigenvalue weighted by atomic mass is 19.1. The molecule has 1 aromatic carbocycles. The van der Waals surface area contributed by atoms with Gasteiger partial charge in [-0.2, -0.15) is 0 Å².